The van der Waals surface area contributed by atoms with Crippen LogP contribution in [-0.4, -0.2) is 22.4 Å². The Bertz CT molecular complexity index is 832. The first-order valence-corrected chi connectivity index (χ1v) is 8.38. The predicted octanol–water partition coefficient (Wildman–Crippen LogP) is 2.71. The van der Waals surface area contributed by atoms with Gasteiger partial charge in [0.25, 0.3) is 0 Å². The average Bonchev–Trinajstić information content (AvgIpc) is 3.41. The van der Waals surface area contributed by atoms with Crippen molar-refractivity contribution in [1.29, 1.82) is 0 Å². The predicted molar refractivity (Wildman–Crippen MR) is 86.6 cm³/mol. The number of aromatic nitrogens is 2. The molecule has 1 aromatic heterocycles. The Morgan fingerprint density at radius 3 is 2.74 bits per heavy atom. The molecule has 2 aromatic rings. The molecule has 1 heterocycles. The van der Waals surface area contributed by atoms with Crippen molar-refractivity contribution in [1.82, 2.24) is 9.78 Å². The SMILES string of the molecule is CCOC(=O)Cc1nn(C2CC2)c2cc(C3CC3)ccc2c1=O. The quantitative estimate of drug-likeness (QED) is 0.796. The molecule has 120 valence electrons. The van der Waals surface area contributed by atoms with Crippen LogP contribution in [0.4, 0.5) is 0 Å². The lowest BCUT2D eigenvalue weighted by atomic mass is 10.1. The molecule has 4 rings (SSSR count). The molecule has 2 aliphatic rings. The second kappa shape index (κ2) is 5.48. The largest absolute Gasteiger partial charge is 0.466 e. The third kappa shape index (κ3) is 2.76. The van der Waals surface area contributed by atoms with Gasteiger partial charge in [-0.1, -0.05) is 6.07 Å². The van der Waals surface area contributed by atoms with Crippen molar-refractivity contribution in [2.45, 2.75) is 51.0 Å². The van der Waals surface area contributed by atoms with Gasteiger partial charge in [-0.25, -0.2) is 0 Å². The average molecular weight is 312 g/mol. The molecule has 1 aromatic carbocycles. The molecule has 0 saturated heterocycles. The van der Waals surface area contributed by atoms with Gasteiger partial charge in [0, 0.05) is 5.39 Å². The molecule has 2 aliphatic carbocycles. The van der Waals surface area contributed by atoms with E-state index < -0.39 is 5.97 Å². The molecule has 0 unspecified atom stereocenters. The van der Waals surface area contributed by atoms with E-state index in [1.807, 2.05) is 16.8 Å². The summed E-state index contributed by atoms with van der Waals surface area (Å²) in [7, 11) is 0. The lowest BCUT2D eigenvalue weighted by Gasteiger charge is -2.12. The highest BCUT2D eigenvalue weighted by Crippen LogP contribution is 2.42. The van der Waals surface area contributed by atoms with Crippen LogP contribution in [0.3, 0.4) is 0 Å². The minimum atomic E-state index is -0.395. The van der Waals surface area contributed by atoms with Gasteiger partial charge in [-0.2, -0.15) is 5.10 Å². The standard InChI is InChI=1S/C18H20N2O3/c1-2-23-17(21)10-15-18(22)14-8-5-12(11-3-4-11)9-16(14)20(19-15)13-6-7-13/h5,8-9,11,13H,2-4,6-7,10H2,1H3. The number of fused-ring (bicyclic) bond motifs is 1. The fourth-order valence-corrected chi connectivity index (χ4v) is 3.05. The van der Waals surface area contributed by atoms with E-state index in [2.05, 4.69) is 11.2 Å². The summed E-state index contributed by atoms with van der Waals surface area (Å²) in [4.78, 5) is 24.4. The fraction of sp³-hybridized carbons (Fsp3) is 0.500. The lowest BCUT2D eigenvalue weighted by molar-refractivity contribution is -0.142. The van der Waals surface area contributed by atoms with Gasteiger partial charge in [-0.15, -0.1) is 0 Å². The number of esters is 1. The van der Waals surface area contributed by atoms with E-state index in [9.17, 15) is 9.59 Å². The Balaban J connectivity index is 1.82. The minimum Gasteiger partial charge on any atom is -0.466 e. The molecular weight excluding hydrogens is 292 g/mol. The van der Waals surface area contributed by atoms with Crippen LogP contribution in [0.25, 0.3) is 10.9 Å². The van der Waals surface area contributed by atoms with Gasteiger partial charge in [-0.05, 0) is 56.2 Å². The second-order valence-electron chi connectivity index (χ2n) is 6.48. The van der Waals surface area contributed by atoms with Crippen molar-refractivity contribution in [3.63, 3.8) is 0 Å². The molecule has 0 amide bonds. The number of rotatable bonds is 5. The maximum absolute atomic E-state index is 12.7. The summed E-state index contributed by atoms with van der Waals surface area (Å²) in [6, 6.07) is 6.43. The Labute approximate surface area is 134 Å². The Kier molecular flexibility index (Phi) is 3.43. The zero-order valence-corrected chi connectivity index (χ0v) is 13.2. The summed E-state index contributed by atoms with van der Waals surface area (Å²) in [5.41, 5.74) is 2.36. The first-order valence-electron chi connectivity index (χ1n) is 8.38. The van der Waals surface area contributed by atoms with Crippen LogP contribution in [0.15, 0.2) is 23.0 Å². The molecular formula is C18H20N2O3. The normalized spacial score (nSPS) is 17.4. The molecule has 0 radical (unpaired) electrons. The van der Waals surface area contributed by atoms with Crippen molar-refractivity contribution in [2.24, 2.45) is 0 Å². The van der Waals surface area contributed by atoms with E-state index in [4.69, 9.17) is 4.74 Å². The van der Waals surface area contributed by atoms with E-state index in [0.717, 1.165) is 18.4 Å². The van der Waals surface area contributed by atoms with Crippen LogP contribution in [0, 0.1) is 0 Å². The summed E-state index contributed by atoms with van der Waals surface area (Å²) in [6.07, 6.45) is 4.57. The molecule has 2 fully saturated rings. The van der Waals surface area contributed by atoms with Crippen molar-refractivity contribution in [3.05, 3.63) is 39.7 Å². The fourth-order valence-electron chi connectivity index (χ4n) is 3.05. The monoisotopic (exact) mass is 312 g/mol. The third-order valence-corrected chi connectivity index (χ3v) is 4.56. The second-order valence-corrected chi connectivity index (χ2v) is 6.48. The number of hydrogen-bond donors (Lipinski definition) is 0. The number of carbonyl (C=O) groups is 1. The Morgan fingerprint density at radius 2 is 2.09 bits per heavy atom. The van der Waals surface area contributed by atoms with Crippen LogP contribution in [0.1, 0.15) is 55.8 Å². The first kappa shape index (κ1) is 14.4. The molecule has 2 saturated carbocycles. The van der Waals surface area contributed by atoms with Gasteiger partial charge in [0.1, 0.15) is 5.69 Å². The number of carbonyl (C=O) groups excluding carboxylic acids is 1. The van der Waals surface area contributed by atoms with Gasteiger partial charge in [-0.3, -0.25) is 14.3 Å². The van der Waals surface area contributed by atoms with E-state index >= 15 is 0 Å². The van der Waals surface area contributed by atoms with Crippen molar-refractivity contribution in [3.8, 4) is 0 Å². The molecule has 0 spiro atoms. The molecule has 23 heavy (non-hydrogen) atoms. The summed E-state index contributed by atoms with van der Waals surface area (Å²) in [6.45, 7) is 2.07. The molecule has 0 atom stereocenters. The van der Waals surface area contributed by atoms with Crippen molar-refractivity contribution >= 4 is 16.9 Å². The number of benzene rings is 1. The first-order chi connectivity index (χ1) is 11.2. The van der Waals surface area contributed by atoms with Crippen molar-refractivity contribution < 1.29 is 9.53 Å². The maximum atomic E-state index is 12.7. The van der Waals surface area contributed by atoms with Crippen molar-refractivity contribution in [2.75, 3.05) is 6.61 Å². The van der Waals surface area contributed by atoms with Crippen LogP contribution in [0.2, 0.25) is 0 Å². The third-order valence-electron chi connectivity index (χ3n) is 4.56. The van der Waals surface area contributed by atoms with Crippen LogP contribution >= 0.6 is 0 Å². The number of hydrogen-bond acceptors (Lipinski definition) is 4. The molecule has 0 N–H and O–H groups in total. The van der Waals surface area contributed by atoms with Gasteiger partial charge >= 0.3 is 5.97 Å². The molecule has 0 bridgehead atoms. The van der Waals surface area contributed by atoms with E-state index in [1.165, 1.54) is 18.4 Å². The molecule has 5 heteroatoms. The topological polar surface area (TPSA) is 61.2 Å². The van der Waals surface area contributed by atoms with Gasteiger partial charge in [0.2, 0.25) is 5.43 Å². The van der Waals surface area contributed by atoms with Gasteiger partial charge in [0.05, 0.1) is 24.6 Å². The highest BCUT2D eigenvalue weighted by Gasteiger charge is 2.29. The summed E-state index contributed by atoms with van der Waals surface area (Å²) < 4.78 is 6.92. The van der Waals surface area contributed by atoms with E-state index in [1.54, 1.807) is 6.92 Å². The molecule has 0 aliphatic heterocycles. The lowest BCUT2D eigenvalue weighted by Crippen LogP contribution is -2.22. The minimum absolute atomic E-state index is 0.0558. The molecule has 5 nitrogen and oxygen atoms in total. The van der Waals surface area contributed by atoms with Crippen LogP contribution in [-0.2, 0) is 16.0 Å². The highest BCUT2D eigenvalue weighted by atomic mass is 16.5. The zero-order valence-electron chi connectivity index (χ0n) is 13.2. The van der Waals surface area contributed by atoms with E-state index in [-0.39, 0.29) is 11.8 Å². The van der Waals surface area contributed by atoms with E-state index in [0.29, 0.717) is 29.6 Å². The number of nitrogens with zero attached hydrogens (tertiary/aromatic N) is 2. The van der Waals surface area contributed by atoms with Gasteiger partial charge < -0.3 is 4.74 Å². The van der Waals surface area contributed by atoms with Crippen LogP contribution < -0.4 is 5.43 Å². The highest BCUT2D eigenvalue weighted by molar-refractivity contribution is 5.81. The Morgan fingerprint density at radius 1 is 1.30 bits per heavy atom. The number of ether oxygens (including phenoxy) is 1. The van der Waals surface area contributed by atoms with Crippen LogP contribution in [0.5, 0.6) is 0 Å². The maximum Gasteiger partial charge on any atom is 0.312 e. The summed E-state index contributed by atoms with van der Waals surface area (Å²) in [5.74, 6) is 0.245. The summed E-state index contributed by atoms with van der Waals surface area (Å²) >= 11 is 0. The smallest absolute Gasteiger partial charge is 0.312 e. The Hall–Kier alpha value is -2.17. The zero-order chi connectivity index (χ0) is 16.0. The summed E-state index contributed by atoms with van der Waals surface area (Å²) in [5, 5.41) is 5.17. The van der Waals surface area contributed by atoms with Gasteiger partial charge in [0.15, 0.2) is 0 Å².